The second kappa shape index (κ2) is 10.5. The zero-order chi connectivity index (χ0) is 13.8. The molecule has 1 rings (SSSR count). The Bertz CT molecular complexity index is 335. The summed E-state index contributed by atoms with van der Waals surface area (Å²) in [6, 6.07) is 0. The lowest BCUT2D eigenvalue weighted by atomic mass is 10.2. The summed E-state index contributed by atoms with van der Waals surface area (Å²) in [5.41, 5.74) is 2.50. The monoisotopic (exact) mass is 246 g/mol. The molecule has 2 nitrogen and oxygen atoms in total. The first-order chi connectivity index (χ1) is 8.83. The highest BCUT2D eigenvalue weighted by Crippen LogP contribution is 2.21. The third kappa shape index (κ3) is 5.09. The van der Waals surface area contributed by atoms with E-state index in [1.807, 2.05) is 26.1 Å². The van der Waals surface area contributed by atoms with E-state index in [1.54, 1.807) is 6.08 Å². The molecule has 0 saturated carbocycles. The molecule has 2 heteroatoms. The Labute approximate surface area is 112 Å². The molecule has 0 radical (unpaired) electrons. The van der Waals surface area contributed by atoms with E-state index in [-0.39, 0.29) is 0 Å². The van der Waals surface area contributed by atoms with Crippen LogP contribution in [0.25, 0.3) is 0 Å². The summed E-state index contributed by atoms with van der Waals surface area (Å²) >= 11 is 0. The average Bonchev–Trinajstić information content (AvgIpc) is 2.62. The van der Waals surface area contributed by atoms with Crippen LogP contribution in [0.1, 0.15) is 33.6 Å². The van der Waals surface area contributed by atoms with Gasteiger partial charge in [-0.25, -0.2) is 0 Å². The first kappa shape index (κ1) is 16.3. The van der Waals surface area contributed by atoms with E-state index >= 15 is 0 Å². The Balaban J connectivity index is 0.00000137. The predicted molar refractivity (Wildman–Crippen MR) is 81.8 cm³/mol. The van der Waals surface area contributed by atoms with Gasteiger partial charge in [0.1, 0.15) is 0 Å². The zero-order valence-electron chi connectivity index (χ0n) is 11.9. The summed E-state index contributed by atoms with van der Waals surface area (Å²) in [4.78, 5) is 2.15. The highest BCUT2D eigenvalue weighted by atomic mass is 15.2. The molecule has 0 bridgehead atoms. The van der Waals surface area contributed by atoms with Gasteiger partial charge in [-0.3, -0.25) is 0 Å². The molecule has 0 atom stereocenters. The summed E-state index contributed by atoms with van der Waals surface area (Å²) in [5, 5.41) is 3.30. The molecule has 1 heterocycles. The van der Waals surface area contributed by atoms with E-state index in [2.05, 4.69) is 48.7 Å². The van der Waals surface area contributed by atoms with E-state index in [9.17, 15) is 0 Å². The molecule has 1 aliphatic rings. The number of nitrogens with one attached hydrogen (secondary N) is 1. The van der Waals surface area contributed by atoms with Crippen LogP contribution in [-0.4, -0.2) is 11.4 Å². The van der Waals surface area contributed by atoms with Crippen LogP contribution >= 0.6 is 0 Å². The molecule has 18 heavy (non-hydrogen) atoms. The standard InChI is InChI=1S/C14H20N2.C2H6/c1-4-7-8-9-14-12-15-11-10-13(5-2)16(14)6-3;1-2/h4-8,12,15H,1,3,9-11H2,2H3;1-2H3/b8-7?,13-5-;. The van der Waals surface area contributed by atoms with E-state index in [4.69, 9.17) is 0 Å². The normalized spacial score (nSPS) is 17.4. The Morgan fingerprint density at radius 3 is 2.67 bits per heavy atom. The SMILES string of the molecule is C=CC=CCC1=CNCC/C(=C/C)N1C=C.CC. The summed E-state index contributed by atoms with van der Waals surface area (Å²) < 4.78 is 0. The zero-order valence-corrected chi connectivity index (χ0v) is 11.9. The molecule has 1 aliphatic heterocycles. The maximum absolute atomic E-state index is 3.87. The smallest absolute Gasteiger partial charge is 0.0417 e. The van der Waals surface area contributed by atoms with Crippen molar-refractivity contribution in [2.24, 2.45) is 0 Å². The molecule has 0 aromatic heterocycles. The molecule has 0 aromatic rings. The highest BCUT2D eigenvalue weighted by molar-refractivity contribution is 5.21. The first-order valence-corrected chi connectivity index (χ1v) is 6.60. The first-order valence-electron chi connectivity index (χ1n) is 6.60. The van der Waals surface area contributed by atoms with Gasteiger partial charge in [0.15, 0.2) is 0 Å². The van der Waals surface area contributed by atoms with Crippen molar-refractivity contribution in [3.63, 3.8) is 0 Å². The van der Waals surface area contributed by atoms with E-state index in [0.29, 0.717) is 0 Å². The predicted octanol–water partition coefficient (Wildman–Crippen LogP) is 4.33. The lowest BCUT2D eigenvalue weighted by Crippen LogP contribution is -2.14. The van der Waals surface area contributed by atoms with Crippen molar-refractivity contribution in [2.75, 3.05) is 6.54 Å². The number of hydrogen-bond donors (Lipinski definition) is 1. The minimum absolute atomic E-state index is 0.877. The van der Waals surface area contributed by atoms with Gasteiger partial charge >= 0.3 is 0 Å². The Morgan fingerprint density at radius 1 is 1.39 bits per heavy atom. The molecule has 0 fully saturated rings. The average molecular weight is 246 g/mol. The molecule has 0 saturated heterocycles. The maximum atomic E-state index is 3.87. The van der Waals surface area contributed by atoms with Gasteiger partial charge in [0.25, 0.3) is 0 Å². The highest BCUT2D eigenvalue weighted by Gasteiger charge is 2.12. The Hall–Kier alpha value is -1.70. The van der Waals surface area contributed by atoms with Crippen LogP contribution in [0.2, 0.25) is 0 Å². The van der Waals surface area contributed by atoms with Crippen molar-refractivity contribution < 1.29 is 0 Å². The van der Waals surface area contributed by atoms with Gasteiger partial charge in [0, 0.05) is 43.2 Å². The van der Waals surface area contributed by atoms with Crippen molar-refractivity contribution in [2.45, 2.75) is 33.6 Å². The molecule has 100 valence electrons. The molecule has 0 amide bonds. The van der Waals surface area contributed by atoms with Gasteiger partial charge in [-0.1, -0.05) is 51.3 Å². The summed E-state index contributed by atoms with van der Waals surface area (Å²) in [7, 11) is 0. The summed E-state index contributed by atoms with van der Waals surface area (Å²) in [6.07, 6.45) is 13.8. The lowest BCUT2D eigenvalue weighted by molar-refractivity contribution is 0.545. The fraction of sp³-hybridized carbons (Fsp3) is 0.375. The second-order valence-electron chi connectivity index (χ2n) is 3.54. The number of hydrogen-bond acceptors (Lipinski definition) is 2. The minimum atomic E-state index is 0.877. The quantitative estimate of drug-likeness (QED) is 0.743. The van der Waals surface area contributed by atoms with Crippen LogP contribution in [0, 0.1) is 0 Å². The van der Waals surface area contributed by atoms with Gasteiger partial charge in [0.05, 0.1) is 0 Å². The number of nitrogens with zero attached hydrogens (tertiary/aromatic N) is 1. The second-order valence-corrected chi connectivity index (χ2v) is 3.54. The molecule has 0 unspecified atom stereocenters. The van der Waals surface area contributed by atoms with Gasteiger partial charge in [-0.15, -0.1) is 0 Å². The van der Waals surface area contributed by atoms with Gasteiger partial charge < -0.3 is 10.2 Å². The third-order valence-corrected chi connectivity index (χ3v) is 2.53. The number of allylic oxidation sites excluding steroid dienone is 4. The molecular formula is C16H26N2. The van der Waals surface area contributed by atoms with Crippen molar-refractivity contribution in [3.8, 4) is 0 Å². The maximum Gasteiger partial charge on any atom is 0.0417 e. The van der Waals surface area contributed by atoms with Crippen LogP contribution < -0.4 is 5.32 Å². The molecule has 0 aromatic carbocycles. The molecular weight excluding hydrogens is 220 g/mol. The van der Waals surface area contributed by atoms with Gasteiger partial charge in [-0.2, -0.15) is 0 Å². The molecule has 0 spiro atoms. The largest absolute Gasteiger partial charge is 0.389 e. The van der Waals surface area contributed by atoms with Crippen LogP contribution in [0.15, 0.2) is 61.3 Å². The van der Waals surface area contributed by atoms with E-state index < -0.39 is 0 Å². The lowest BCUT2D eigenvalue weighted by Gasteiger charge is -2.23. The summed E-state index contributed by atoms with van der Waals surface area (Å²) in [6.45, 7) is 14.6. The topological polar surface area (TPSA) is 15.3 Å². The van der Waals surface area contributed by atoms with Crippen LogP contribution in [0.3, 0.4) is 0 Å². The van der Waals surface area contributed by atoms with E-state index in [1.165, 1.54) is 11.4 Å². The van der Waals surface area contributed by atoms with Crippen LogP contribution in [-0.2, 0) is 0 Å². The van der Waals surface area contributed by atoms with Crippen molar-refractivity contribution in [3.05, 3.63) is 61.3 Å². The van der Waals surface area contributed by atoms with Crippen LogP contribution in [0.5, 0.6) is 0 Å². The van der Waals surface area contributed by atoms with Crippen molar-refractivity contribution in [1.82, 2.24) is 10.2 Å². The fourth-order valence-corrected chi connectivity index (χ4v) is 1.72. The molecule has 1 N–H and O–H groups in total. The Kier molecular flexibility index (Phi) is 9.47. The molecule has 0 aliphatic carbocycles. The van der Waals surface area contributed by atoms with E-state index in [0.717, 1.165) is 19.4 Å². The number of rotatable bonds is 4. The van der Waals surface area contributed by atoms with Crippen molar-refractivity contribution in [1.29, 1.82) is 0 Å². The van der Waals surface area contributed by atoms with Crippen molar-refractivity contribution >= 4 is 0 Å². The van der Waals surface area contributed by atoms with Gasteiger partial charge in [-0.05, 0) is 6.92 Å². The van der Waals surface area contributed by atoms with Crippen LogP contribution in [0.4, 0.5) is 0 Å². The third-order valence-electron chi connectivity index (χ3n) is 2.53. The Morgan fingerprint density at radius 2 is 2.11 bits per heavy atom. The van der Waals surface area contributed by atoms with Gasteiger partial charge in [0.2, 0.25) is 0 Å². The fourth-order valence-electron chi connectivity index (χ4n) is 1.72. The summed E-state index contributed by atoms with van der Waals surface area (Å²) in [5.74, 6) is 0. The minimum Gasteiger partial charge on any atom is -0.389 e.